The van der Waals surface area contributed by atoms with Crippen LogP contribution in [-0.2, 0) is 17.6 Å². The minimum atomic E-state index is -0.0692. The highest BCUT2D eigenvalue weighted by atomic mass is 16.5. The van der Waals surface area contributed by atoms with Gasteiger partial charge in [0.2, 0.25) is 5.91 Å². The molecule has 0 saturated heterocycles. The molecule has 0 spiro atoms. The van der Waals surface area contributed by atoms with Crippen LogP contribution in [0.5, 0.6) is 5.75 Å². The highest BCUT2D eigenvalue weighted by molar-refractivity contribution is 5.79. The van der Waals surface area contributed by atoms with E-state index in [9.17, 15) is 4.79 Å². The minimum absolute atomic E-state index is 0.0690. The average Bonchev–Trinajstić information content (AvgIpc) is 2.97. The second-order valence-electron chi connectivity index (χ2n) is 6.91. The number of hydrogen-bond acceptors (Lipinski definition) is 4. The van der Waals surface area contributed by atoms with Gasteiger partial charge in [-0.2, -0.15) is 0 Å². The van der Waals surface area contributed by atoms with Crippen LogP contribution in [0.2, 0.25) is 0 Å². The van der Waals surface area contributed by atoms with Gasteiger partial charge in [0.25, 0.3) is 0 Å². The Kier molecular flexibility index (Phi) is 5.61. The molecule has 5 heteroatoms. The van der Waals surface area contributed by atoms with Crippen molar-refractivity contribution in [1.29, 1.82) is 0 Å². The maximum atomic E-state index is 12.6. The molecule has 2 heterocycles. The zero-order valence-electron chi connectivity index (χ0n) is 15.7. The fourth-order valence-corrected chi connectivity index (χ4v) is 3.45. The van der Waals surface area contributed by atoms with Crippen LogP contribution >= 0.6 is 0 Å². The van der Waals surface area contributed by atoms with Crippen LogP contribution in [0.15, 0.2) is 66.9 Å². The Morgan fingerprint density at radius 2 is 1.89 bits per heavy atom. The van der Waals surface area contributed by atoms with Gasteiger partial charge in [0, 0.05) is 30.6 Å². The van der Waals surface area contributed by atoms with Crippen LogP contribution in [0.3, 0.4) is 0 Å². The minimum Gasteiger partial charge on any atom is -0.493 e. The van der Waals surface area contributed by atoms with E-state index in [2.05, 4.69) is 15.3 Å². The number of hydrogen-bond donors (Lipinski definition) is 1. The topological polar surface area (TPSA) is 64.1 Å². The summed E-state index contributed by atoms with van der Waals surface area (Å²) in [5, 5.41) is 3.04. The summed E-state index contributed by atoms with van der Waals surface area (Å²) in [6.45, 7) is 1.09. The molecule has 1 atom stereocenters. The van der Waals surface area contributed by atoms with E-state index in [0.717, 1.165) is 34.8 Å². The molecule has 0 aliphatic carbocycles. The van der Waals surface area contributed by atoms with Gasteiger partial charge in [0.1, 0.15) is 11.6 Å². The van der Waals surface area contributed by atoms with Gasteiger partial charge in [0.05, 0.1) is 12.3 Å². The van der Waals surface area contributed by atoms with Crippen molar-refractivity contribution in [3.63, 3.8) is 0 Å². The van der Waals surface area contributed by atoms with E-state index in [1.54, 1.807) is 6.20 Å². The molecule has 3 aromatic rings. The summed E-state index contributed by atoms with van der Waals surface area (Å²) < 4.78 is 5.76. The summed E-state index contributed by atoms with van der Waals surface area (Å²) in [5.74, 6) is 1.62. The van der Waals surface area contributed by atoms with Crippen molar-refractivity contribution in [2.24, 2.45) is 5.92 Å². The van der Waals surface area contributed by atoms with Crippen molar-refractivity contribution in [2.75, 3.05) is 13.2 Å². The Labute approximate surface area is 164 Å². The van der Waals surface area contributed by atoms with Gasteiger partial charge in [-0.15, -0.1) is 0 Å². The van der Waals surface area contributed by atoms with E-state index < -0.39 is 0 Å². The summed E-state index contributed by atoms with van der Waals surface area (Å²) in [5.41, 5.74) is 3.06. The highest BCUT2D eigenvalue weighted by Gasteiger charge is 2.23. The summed E-state index contributed by atoms with van der Waals surface area (Å²) in [6, 6.07) is 19.9. The first kappa shape index (κ1) is 18.2. The molecule has 1 aliphatic rings. The van der Waals surface area contributed by atoms with Crippen molar-refractivity contribution in [1.82, 2.24) is 15.3 Å². The fraction of sp³-hybridized carbons (Fsp3) is 0.261. The van der Waals surface area contributed by atoms with Crippen LogP contribution in [0, 0.1) is 5.92 Å². The second-order valence-corrected chi connectivity index (χ2v) is 6.91. The summed E-state index contributed by atoms with van der Waals surface area (Å²) in [4.78, 5) is 21.6. The van der Waals surface area contributed by atoms with E-state index in [1.807, 2.05) is 60.7 Å². The Balaban J connectivity index is 1.33. The molecule has 0 bridgehead atoms. The number of ether oxygens (including phenoxy) is 1. The average molecular weight is 373 g/mol. The lowest BCUT2D eigenvalue weighted by Gasteiger charge is -2.13. The molecule has 4 rings (SSSR count). The van der Waals surface area contributed by atoms with Gasteiger partial charge >= 0.3 is 0 Å². The van der Waals surface area contributed by atoms with Crippen LogP contribution in [0.25, 0.3) is 11.3 Å². The molecule has 0 saturated carbocycles. The van der Waals surface area contributed by atoms with E-state index in [-0.39, 0.29) is 11.8 Å². The predicted molar refractivity (Wildman–Crippen MR) is 108 cm³/mol. The normalized spacial score (nSPS) is 15.8. The summed E-state index contributed by atoms with van der Waals surface area (Å²) in [7, 11) is 0. The number of aromatic nitrogens is 2. The van der Waals surface area contributed by atoms with Gasteiger partial charge in [0.15, 0.2) is 0 Å². The lowest BCUT2D eigenvalue weighted by atomic mass is 9.96. The third-order valence-electron chi connectivity index (χ3n) is 4.96. The van der Waals surface area contributed by atoms with Crippen molar-refractivity contribution >= 4 is 5.91 Å². The number of fused-ring (bicyclic) bond motifs is 1. The number of carbonyl (C=O) groups excluding carboxylic acids is 1. The number of rotatable bonds is 5. The molecule has 28 heavy (non-hydrogen) atoms. The molecule has 2 aromatic carbocycles. The maximum absolute atomic E-state index is 12.6. The number of nitrogens with zero attached hydrogens (tertiary/aromatic N) is 2. The largest absolute Gasteiger partial charge is 0.493 e. The molecule has 0 unspecified atom stereocenters. The Morgan fingerprint density at radius 3 is 2.79 bits per heavy atom. The zero-order valence-corrected chi connectivity index (χ0v) is 15.7. The third-order valence-corrected chi connectivity index (χ3v) is 4.96. The Morgan fingerprint density at radius 1 is 1.07 bits per heavy atom. The molecular formula is C23H23N3O2. The van der Waals surface area contributed by atoms with Crippen LogP contribution in [-0.4, -0.2) is 29.0 Å². The number of nitrogens with one attached hydrogen (secondary N) is 1. The number of amides is 1. The first-order valence-electron chi connectivity index (χ1n) is 9.65. The molecular weight excluding hydrogens is 350 g/mol. The van der Waals surface area contributed by atoms with E-state index in [1.165, 1.54) is 0 Å². The second kappa shape index (κ2) is 8.65. The van der Waals surface area contributed by atoms with Crippen LogP contribution in [0.1, 0.15) is 17.8 Å². The summed E-state index contributed by atoms with van der Waals surface area (Å²) in [6.07, 6.45) is 3.81. The molecule has 0 fully saturated rings. The fourth-order valence-electron chi connectivity index (χ4n) is 3.45. The monoisotopic (exact) mass is 373 g/mol. The van der Waals surface area contributed by atoms with Gasteiger partial charge in [-0.3, -0.25) is 4.79 Å². The SMILES string of the molecule is O=C(NCCc1nccc(-c2ccccc2)n1)[C@H]1CCOc2ccccc2C1. The van der Waals surface area contributed by atoms with Crippen molar-refractivity contribution in [2.45, 2.75) is 19.3 Å². The lowest BCUT2D eigenvalue weighted by Crippen LogP contribution is -2.33. The molecule has 142 valence electrons. The maximum Gasteiger partial charge on any atom is 0.223 e. The molecule has 1 N–H and O–H groups in total. The lowest BCUT2D eigenvalue weighted by molar-refractivity contribution is -0.125. The van der Waals surface area contributed by atoms with Gasteiger partial charge < -0.3 is 10.1 Å². The van der Waals surface area contributed by atoms with E-state index in [0.29, 0.717) is 26.0 Å². The van der Waals surface area contributed by atoms with Crippen LogP contribution < -0.4 is 10.1 Å². The summed E-state index contributed by atoms with van der Waals surface area (Å²) >= 11 is 0. The van der Waals surface area contributed by atoms with Crippen molar-refractivity contribution < 1.29 is 9.53 Å². The molecule has 1 amide bonds. The van der Waals surface area contributed by atoms with Gasteiger partial charge in [-0.25, -0.2) is 9.97 Å². The standard InChI is InChI=1S/C23H23N3O2/c27-23(19-12-15-28-21-9-5-4-8-18(21)16-19)25-14-11-22-24-13-10-20(26-22)17-6-2-1-3-7-17/h1-10,13,19H,11-12,14-16H2,(H,25,27)/t19-/m0/s1. The van der Waals surface area contributed by atoms with Crippen molar-refractivity contribution in [3.05, 3.63) is 78.2 Å². The van der Waals surface area contributed by atoms with Crippen LogP contribution in [0.4, 0.5) is 0 Å². The molecule has 5 nitrogen and oxygen atoms in total. The zero-order chi connectivity index (χ0) is 19.2. The van der Waals surface area contributed by atoms with E-state index in [4.69, 9.17) is 4.74 Å². The Hall–Kier alpha value is -3.21. The quantitative estimate of drug-likeness (QED) is 0.744. The first-order valence-corrected chi connectivity index (χ1v) is 9.65. The molecule has 1 aliphatic heterocycles. The molecule has 1 aromatic heterocycles. The van der Waals surface area contributed by atoms with Gasteiger partial charge in [-0.05, 0) is 30.5 Å². The number of benzene rings is 2. The first-order chi connectivity index (χ1) is 13.8. The third kappa shape index (κ3) is 4.36. The number of para-hydroxylation sites is 1. The Bertz CT molecular complexity index is 943. The van der Waals surface area contributed by atoms with Crippen molar-refractivity contribution in [3.8, 4) is 17.0 Å². The van der Waals surface area contributed by atoms with E-state index >= 15 is 0 Å². The smallest absolute Gasteiger partial charge is 0.223 e. The van der Waals surface area contributed by atoms with Gasteiger partial charge in [-0.1, -0.05) is 48.5 Å². The highest BCUT2D eigenvalue weighted by Crippen LogP contribution is 2.26. The molecule has 0 radical (unpaired) electrons. The predicted octanol–water partition coefficient (Wildman–Crippen LogP) is 3.44. The number of carbonyl (C=O) groups is 1.